The molecule has 0 saturated carbocycles. The molecule has 1 atom stereocenters. The lowest BCUT2D eigenvalue weighted by Crippen LogP contribution is -2.13. The first-order valence-corrected chi connectivity index (χ1v) is 9.17. The average molecular weight is 388 g/mol. The molecule has 0 bridgehead atoms. The van der Waals surface area contributed by atoms with E-state index in [0.717, 1.165) is 27.7 Å². The Bertz CT molecular complexity index is 984. The number of carbonyl (C=O) groups is 1. The van der Waals surface area contributed by atoms with Gasteiger partial charge < -0.3 is 9.84 Å². The normalized spacial score (nSPS) is 12.3. The highest BCUT2D eigenvalue weighted by atomic mass is 35.5. The van der Waals surface area contributed by atoms with Crippen LogP contribution in [-0.4, -0.2) is 32.7 Å². The molecule has 0 saturated heterocycles. The fourth-order valence-corrected chi connectivity index (χ4v) is 3.53. The standard InChI is InChI=1S/C20H22ClN3O3/c1-4-27-19(26)10-16(13-5-7-17(21)14(9-13)11-25)15-6-8-18-20(12(15)2)22-23-24(18)3/h5-9,16,25H,4,10-11H2,1-3H3. The number of hydrogen-bond donors (Lipinski definition) is 1. The van der Waals surface area contributed by atoms with Crippen LogP contribution in [0.4, 0.5) is 0 Å². The largest absolute Gasteiger partial charge is 0.466 e. The number of carbonyl (C=O) groups excluding carboxylic acids is 1. The summed E-state index contributed by atoms with van der Waals surface area (Å²) in [5.74, 6) is -0.514. The Morgan fingerprint density at radius 1 is 1.33 bits per heavy atom. The number of ether oxygens (including phenoxy) is 1. The lowest BCUT2D eigenvalue weighted by Gasteiger charge is -2.20. The van der Waals surface area contributed by atoms with E-state index in [9.17, 15) is 9.90 Å². The number of aliphatic hydroxyl groups is 1. The summed E-state index contributed by atoms with van der Waals surface area (Å²) in [5, 5.41) is 18.4. The van der Waals surface area contributed by atoms with Crippen molar-refractivity contribution in [3.63, 3.8) is 0 Å². The molecule has 2 aromatic carbocycles. The number of aromatic nitrogens is 3. The number of aliphatic hydroxyl groups excluding tert-OH is 1. The minimum Gasteiger partial charge on any atom is -0.466 e. The Labute approximate surface area is 162 Å². The Balaban J connectivity index is 2.12. The van der Waals surface area contributed by atoms with E-state index >= 15 is 0 Å². The van der Waals surface area contributed by atoms with Gasteiger partial charge in [0, 0.05) is 18.0 Å². The Morgan fingerprint density at radius 2 is 2.11 bits per heavy atom. The van der Waals surface area contributed by atoms with Crippen molar-refractivity contribution >= 4 is 28.6 Å². The molecule has 1 N–H and O–H groups in total. The van der Waals surface area contributed by atoms with E-state index in [1.54, 1.807) is 17.7 Å². The zero-order valence-electron chi connectivity index (χ0n) is 15.6. The molecular weight excluding hydrogens is 366 g/mol. The smallest absolute Gasteiger partial charge is 0.306 e. The van der Waals surface area contributed by atoms with E-state index in [0.29, 0.717) is 17.2 Å². The summed E-state index contributed by atoms with van der Waals surface area (Å²) in [4.78, 5) is 12.3. The predicted molar refractivity (Wildman–Crippen MR) is 104 cm³/mol. The highest BCUT2D eigenvalue weighted by Gasteiger charge is 2.23. The van der Waals surface area contributed by atoms with Gasteiger partial charge in [-0.15, -0.1) is 5.10 Å². The monoisotopic (exact) mass is 387 g/mol. The van der Waals surface area contributed by atoms with Gasteiger partial charge >= 0.3 is 5.97 Å². The SMILES string of the molecule is CCOC(=O)CC(c1ccc(Cl)c(CO)c1)c1ccc2c(nnn2C)c1C. The van der Waals surface area contributed by atoms with Crippen molar-refractivity contribution < 1.29 is 14.6 Å². The maximum absolute atomic E-state index is 12.3. The van der Waals surface area contributed by atoms with Crippen LogP contribution in [-0.2, 0) is 23.2 Å². The summed E-state index contributed by atoms with van der Waals surface area (Å²) in [6, 6.07) is 9.42. The highest BCUT2D eigenvalue weighted by molar-refractivity contribution is 6.31. The third-order valence-electron chi connectivity index (χ3n) is 4.77. The summed E-state index contributed by atoms with van der Waals surface area (Å²) in [6.07, 6.45) is 0.187. The van der Waals surface area contributed by atoms with Crippen molar-refractivity contribution in [2.75, 3.05) is 6.61 Å². The molecule has 6 nitrogen and oxygen atoms in total. The number of nitrogens with zero attached hydrogens (tertiary/aromatic N) is 3. The van der Waals surface area contributed by atoms with Crippen LogP contribution in [0, 0.1) is 6.92 Å². The third-order valence-corrected chi connectivity index (χ3v) is 5.14. The Morgan fingerprint density at radius 3 is 2.81 bits per heavy atom. The molecule has 0 aliphatic carbocycles. The molecule has 3 aromatic rings. The van der Waals surface area contributed by atoms with Gasteiger partial charge in [0.1, 0.15) is 5.52 Å². The fourth-order valence-electron chi connectivity index (χ4n) is 3.35. The van der Waals surface area contributed by atoms with E-state index < -0.39 is 0 Å². The van der Waals surface area contributed by atoms with Crippen LogP contribution in [0.25, 0.3) is 11.0 Å². The Hall–Kier alpha value is -2.44. The van der Waals surface area contributed by atoms with Gasteiger partial charge in [0.2, 0.25) is 0 Å². The van der Waals surface area contributed by atoms with Crippen molar-refractivity contribution in [2.45, 2.75) is 32.8 Å². The summed E-state index contributed by atoms with van der Waals surface area (Å²) >= 11 is 6.14. The molecule has 7 heteroatoms. The predicted octanol–water partition coefficient (Wildman–Crippen LogP) is 3.51. The van der Waals surface area contributed by atoms with E-state index in [2.05, 4.69) is 10.3 Å². The molecule has 0 amide bonds. The molecule has 142 valence electrons. The topological polar surface area (TPSA) is 77.2 Å². The first-order valence-electron chi connectivity index (χ1n) is 8.80. The number of aryl methyl sites for hydroxylation is 2. The summed E-state index contributed by atoms with van der Waals surface area (Å²) in [5.41, 5.74) is 5.19. The zero-order valence-corrected chi connectivity index (χ0v) is 16.3. The molecular formula is C20H22ClN3O3. The average Bonchev–Trinajstić information content (AvgIpc) is 3.03. The first kappa shape index (κ1) is 19.3. The van der Waals surface area contributed by atoms with Crippen LogP contribution in [0.5, 0.6) is 0 Å². The zero-order chi connectivity index (χ0) is 19.6. The molecule has 27 heavy (non-hydrogen) atoms. The second-order valence-electron chi connectivity index (χ2n) is 6.43. The quantitative estimate of drug-likeness (QED) is 0.655. The van der Waals surface area contributed by atoms with Crippen LogP contribution in [0.1, 0.15) is 41.5 Å². The van der Waals surface area contributed by atoms with Gasteiger partial charge in [-0.2, -0.15) is 0 Å². The lowest BCUT2D eigenvalue weighted by atomic mass is 9.85. The van der Waals surface area contributed by atoms with E-state index in [1.807, 2.05) is 38.2 Å². The molecule has 0 aliphatic rings. The maximum atomic E-state index is 12.3. The molecule has 0 fully saturated rings. The summed E-state index contributed by atoms with van der Waals surface area (Å²) in [7, 11) is 1.84. The van der Waals surface area contributed by atoms with Gasteiger partial charge in [-0.1, -0.05) is 35.0 Å². The number of hydrogen-bond acceptors (Lipinski definition) is 5. The lowest BCUT2D eigenvalue weighted by molar-refractivity contribution is -0.143. The highest BCUT2D eigenvalue weighted by Crippen LogP contribution is 2.35. The van der Waals surface area contributed by atoms with Crippen molar-refractivity contribution in [3.8, 4) is 0 Å². The Kier molecular flexibility index (Phi) is 5.77. The number of benzene rings is 2. The fraction of sp³-hybridized carbons (Fsp3) is 0.350. The van der Waals surface area contributed by atoms with Crippen LogP contribution in [0.15, 0.2) is 30.3 Å². The molecule has 0 spiro atoms. The molecule has 3 rings (SSSR count). The van der Waals surface area contributed by atoms with Crippen LogP contribution >= 0.6 is 11.6 Å². The second-order valence-corrected chi connectivity index (χ2v) is 6.84. The van der Waals surface area contributed by atoms with Gasteiger partial charge in [-0.05, 0) is 48.2 Å². The van der Waals surface area contributed by atoms with Crippen molar-refractivity contribution in [2.24, 2.45) is 7.05 Å². The molecule has 0 aliphatic heterocycles. The second kappa shape index (κ2) is 8.06. The minimum absolute atomic E-state index is 0.166. The van der Waals surface area contributed by atoms with Crippen LogP contribution in [0.2, 0.25) is 5.02 Å². The number of halogens is 1. The number of esters is 1. The van der Waals surface area contributed by atoms with Crippen molar-refractivity contribution in [1.82, 2.24) is 15.0 Å². The van der Waals surface area contributed by atoms with Crippen molar-refractivity contribution in [3.05, 3.63) is 57.6 Å². The van der Waals surface area contributed by atoms with Gasteiger partial charge in [0.15, 0.2) is 0 Å². The summed E-state index contributed by atoms with van der Waals surface area (Å²) in [6.45, 7) is 3.93. The van der Waals surface area contributed by atoms with Crippen LogP contribution < -0.4 is 0 Å². The summed E-state index contributed by atoms with van der Waals surface area (Å²) < 4.78 is 6.90. The van der Waals surface area contributed by atoms with E-state index in [4.69, 9.17) is 16.3 Å². The number of fused-ring (bicyclic) bond motifs is 1. The molecule has 1 aromatic heterocycles. The minimum atomic E-state index is -0.276. The van der Waals surface area contributed by atoms with Gasteiger partial charge in [0.25, 0.3) is 0 Å². The van der Waals surface area contributed by atoms with E-state index in [-0.39, 0.29) is 24.9 Å². The first-order chi connectivity index (χ1) is 13.0. The van der Waals surface area contributed by atoms with Gasteiger partial charge in [-0.25, -0.2) is 4.68 Å². The van der Waals surface area contributed by atoms with Gasteiger partial charge in [0.05, 0.1) is 25.2 Å². The van der Waals surface area contributed by atoms with Gasteiger partial charge in [-0.3, -0.25) is 4.79 Å². The van der Waals surface area contributed by atoms with E-state index in [1.165, 1.54) is 0 Å². The molecule has 1 heterocycles. The van der Waals surface area contributed by atoms with Crippen molar-refractivity contribution in [1.29, 1.82) is 0 Å². The third kappa shape index (κ3) is 3.82. The molecule has 0 radical (unpaired) electrons. The molecule has 1 unspecified atom stereocenters. The maximum Gasteiger partial charge on any atom is 0.306 e. The van der Waals surface area contributed by atoms with Crippen LogP contribution in [0.3, 0.4) is 0 Å². The number of rotatable bonds is 6.